The number of para-hydroxylation sites is 1. The van der Waals surface area contributed by atoms with Gasteiger partial charge in [-0.2, -0.15) is 0 Å². The number of halogens is 1. The van der Waals surface area contributed by atoms with Crippen LogP contribution < -0.4 is 10.1 Å². The van der Waals surface area contributed by atoms with Crippen LogP contribution in [0.4, 0.5) is 9.18 Å². The van der Waals surface area contributed by atoms with Crippen molar-refractivity contribution in [1.82, 2.24) is 10.2 Å². The molecule has 1 saturated heterocycles. The second-order valence-corrected chi connectivity index (χ2v) is 7.62. The molecule has 2 aromatic rings. The average molecular weight is 388 g/mol. The molecule has 0 radical (unpaired) electrons. The Hall–Kier alpha value is -2.54. The fraction of sp³-hybridized carbons (Fsp3) is 0.300. The van der Waals surface area contributed by atoms with Gasteiger partial charge in [-0.05, 0) is 30.7 Å². The molecule has 0 bridgehead atoms. The minimum Gasteiger partial charge on any atom is -0.496 e. The molecule has 0 unspecified atom stereocenters. The molecule has 1 aliphatic heterocycles. The summed E-state index contributed by atoms with van der Waals surface area (Å²) in [4.78, 5) is 26.9. The van der Waals surface area contributed by atoms with Crippen LogP contribution in [0.15, 0.2) is 53.4 Å². The Morgan fingerprint density at radius 1 is 1.15 bits per heavy atom. The van der Waals surface area contributed by atoms with E-state index in [1.54, 1.807) is 32.2 Å². The van der Waals surface area contributed by atoms with Crippen molar-refractivity contribution in [3.63, 3.8) is 0 Å². The third-order valence-electron chi connectivity index (χ3n) is 4.49. The van der Waals surface area contributed by atoms with Crippen LogP contribution >= 0.6 is 11.8 Å². The summed E-state index contributed by atoms with van der Waals surface area (Å²) in [6, 6.07) is 13.4. The molecule has 7 heteroatoms. The van der Waals surface area contributed by atoms with Gasteiger partial charge in [0.1, 0.15) is 17.1 Å². The largest absolute Gasteiger partial charge is 0.496 e. The molecule has 0 aromatic heterocycles. The number of hydrogen-bond acceptors (Lipinski definition) is 4. The van der Waals surface area contributed by atoms with Crippen LogP contribution in [-0.4, -0.2) is 41.8 Å². The second kappa shape index (κ2) is 8.00. The third-order valence-corrected chi connectivity index (χ3v) is 5.52. The predicted octanol–water partition coefficient (Wildman–Crippen LogP) is 3.48. The summed E-state index contributed by atoms with van der Waals surface area (Å²) < 4.78 is 19.0. The number of carbonyl (C=O) groups excluding carboxylic acids is 2. The number of urea groups is 1. The van der Waals surface area contributed by atoms with Crippen LogP contribution in [0, 0.1) is 5.82 Å². The Labute approximate surface area is 161 Å². The van der Waals surface area contributed by atoms with Crippen LogP contribution in [0.5, 0.6) is 5.75 Å². The Morgan fingerprint density at radius 2 is 1.85 bits per heavy atom. The Kier molecular flexibility index (Phi) is 5.70. The van der Waals surface area contributed by atoms with Crippen molar-refractivity contribution in [3.8, 4) is 5.75 Å². The van der Waals surface area contributed by atoms with Gasteiger partial charge in [-0.3, -0.25) is 9.69 Å². The number of thioether (sulfide) groups is 1. The molecule has 5 nitrogen and oxygen atoms in total. The van der Waals surface area contributed by atoms with Gasteiger partial charge in [-0.15, -0.1) is 11.8 Å². The van der Waals surface area contributed by atoms with Gasteiger partial charge in [0, 0.05) is 23.6 Å². The van der Waals surface area contributed by atoms with Crippen molar-refractivity contribution >= 4 is 23.7 Å². The Morgan fingerprint density at radius 3 is 2.59 bits per heavy atom. The lowest BCUT2D eigenvalue weighted by Crippen LogP contribution is -2.46. The summed E-state index contributed by atoms with van der Waals surface area (Å²) in [5.41, 5.74) is -0.187. The maximum atomic E-state index is 13.7. The van der Waals surface area contributed by atoms with Gasteiger partial charge >= 0.3 is 6.03 Å². The van der Waals surface area contributed by atoms with E-state index in [4.69, 9.17) is 4.74 Å². The van der Waals surface area contributed by atoms with Crippen molar-refractivity contribution in [3.05, 3.63) is 59.9 Å². The number of hydrogen-bond donors (Lipinski definition) is 1. The highest BCUT2D eigenvalue weighted by Crippen LogP contribution is 2.28. The molecule has 27 heavy (non-hydrogen) atoms. The van der Waals surface area contributed by atoms with Crippen molar-refractivity contribution in [1.29, 1.82) is 0 Å². The van der Waals surface area contributed by atoms with Crippen LogP contribution in [0.2, 0.25) is 0 Å². The first kappa shape index (κ1) is 19.2. The van der Waals surface area contributed by atoms with Crippen LogP contribution in [-0.2, 0) is 11.2 Å². The quantitative estimate of drug-likeness (QED) is 0.583. The highest BCUT2D eigenvalue weighted by atomic mass is 32.2. The molecule has 0 saturated carbocycles. The number of benzene rings is 2. The molecule has 1 N–H and O–H groups in total. The van der Waals surface area contributed by atoms with E-state index in [1.807, 2.05) is 24.3 Å². The van der Waals surface area contributed by atoms with Gasteiger partial charge in [0.2, 0.25) is 0 Å². The van der Waals surface area contributed by atoms with Gasteiger partial charge in [-0.25, -0.2) is 9.18 Å². The maximum Gasteiger partial charge on any atom is 0.325 e. The summed E-state index contributed by atoms with van der Waals surface area (Å²) >= 11 is 1.28. The van der Waals surface area contributed by atoms with Crippen LogP contribution in [0.25, 0.3) is 0 Å². The number of nitrogens with one attached hydrogen (secondary N) is 1. The second-order valence-electron chi connectivity index (χ2n) is 6.49. The summed E-state index contributed by atoms with van der Waals surface area (Å²) in [7, 11) is 1.57. The third kappa shape index (κ3) is 4.08. The van der Waals surface area contributed by atoms with Crippen LogP contribution in [0.3, 0.4) is 0 Å². The van der Waals surface area contributed by atoms with E-state index in [-0.39, 0.29) is 18.3 Å². The zero-order chi connectivity index (χ0) is 19.4. The lowest BCUT2D eigenvalue weighted by Gasteiger charge is -2.22. The number of carbonyl (C=O) groups is 2. The fourth-order valence-electron chi connectivity index (χ4n) is 3.11. The molecule has 3 rings (SSSR count). The number of ether oxygens (including phenoxy) is 1. The molecular formula is C20H21FN2O3S. The van der Waals surface area contributed by atoms with E-state index >= 15 is 0 Å². The van der Waals surface area contributed by atoms with E-state index in [0.717, 1.165) is 5.56 Å². The van der Waals surface area contributed by atoms with E-state index in [1.165, 1.54) is 22.7 Å². The Bertz CT molecular complexity index is 861. The highest BCUT2D eigenvalue weighted by Gasteiger charge is 2.47. The summed E-state index contributed by atoms with van der Waals surface area (Å²) in [6.07, 6.45) is 0.332. The first-order valence-corrected chi connectivity index (χ1v) is 9.56. The van der Waals surface area contributed by atoms with E-state index in [0.29, 0.717) is 22.8 Å². The number of imide groups is 1. The molecule has 2 aromatic carbocycles. The SMILES string of the molecule is COc1ccccc1C[C@]1(C)NC(=O)N(CCSc2ccccc2F)C1=O. The molecule has 1 heterocycles. The normalized spacial score (nSPS) is 19.3. The molecule has 1 aliphatic rings. The summed E-state index contributed by atoms with van der Waals surface area (Å²) in [6.45, 7) is 1.93. The lowest BCUT2D eigenvalue weighted by molar-refractivity contribution is -0.130. The number of rotatable bonds is 7. The molecule has 1 fully saturated rings. The molecule has 1 atom stereocenters. The standard InChI is InChI=1S/C20H21FN2O3S/c1-20(13-14-7-3-5-9-16(14)26-2)18(24)23(19(25)22-20)11-12-27-17-10-6-4-8-15(17)21/h3-10H,11-13H2,1-2H3,(H,22,25)/t20-/m0/s1. The average Bonchev–Trinajstić information content (AvgIpc) is 2.86. The van der Waals surface area contributed by atoms with Gasteiger partial charge in [-0.1, -0.05) is 30.3 Å². The molecule has 3 amide bonds. The fourth-order valence-corrected chi connectivity index (χ4v) is 3.98. The van der Waals surface area contributed by atoms with Gasteiger partial charge in [0.05, 0.1) is 7.11 Å². The topological polar surface area (TPSA) is 58.6 Å². The highest BCUT2D eigenvalue weighted by molar-refractivity contribution is 7.99. The van der Waals surface area contributed by atoms with E-state index in [2.05, 4.69) is 5.32 Å². The predicted molar refractivity (Wildman–Crippen MR) is 102 cm³/mol. The first-order valence-electron chi connectivity index (χ1n) is 8.58. The minimum atomic E-state index is -1.03. The molecule has 0 spiro atoms. The molecular weight excluding hydrogens is 367 g/mol. The van der Waals surface area contributed by atoms with Crippen molar-refractivity contribution < 1.29 is 18.7 Å². The zero-order valence-corrected chi connectivity index (χ0v) is 16.0. The van der Waals surface area contributed by atoms with Gasteiger partial charge < -0.3 is 10.1 Å². The monoisotopic (exact) mass is 388 g/mol. The molecule has 142 valence electrons. The van der Waals surface area contributed by atoms with Gasteiger partial charge in [0.25, 0.3) is 5.91 Å². The maximum absolute atomic E-state index is 13.7. The van der Waals surface area contributed by atoms with Gasteiger partial charge in [0.15, 0.2) is 0 Å². The van der Waals surface area contributed by atoms with E-state index in [9.17, 15) is 14.0 Å². The number of amides is 3. The number of nitrogens with zero attached hydrogens (tertiary/aromatic N) is 1. The number of methoxy groups -OCH3 is 1. The van der Waals surface area contributed by atoms with Crippen molar-refractivity contribution in [2.45, 2.75) is 23.8 Å². The lowest BCUT2D eigenvalue weighted by atomic mass is 9.92. The zero-order valence-electron chi connectivity index (χ0n) is 15.2. The first-order chi connectivity index (χ1) is 12.9. The van der Waals surface area contributed by atoms with Crippen molar-refractivity contribution in [2.75, 3.05) is 19.4 Å². The Balaban J connectivity index is 1.66. The van der Waals surface area contributed by atoms with Crippen LogP contribution in [0.1, 0.15) is 12.5 Å². The smallest absolute Gasteiger partial charge is 0.325 e. The van der Waals surface area contributed by atoms with E-state index < -0.39 is 11.6 Å². The summed E-state index contributed by atoms with van der Waals surface area (Å²) in [5, 5.41) is 2.79. The van der Waals surface area contributed by atoms with Crippen molar-refractivity contribution in [2.24, 2.45) is 0 Å². The molecule has 0 aliphatic carbocycles. The minimum absolute atomic E-state index is 0.213. The summed E-state index contributed by atoms with van der Waals surface area (Å²) in [5.74, 6) is 0.507.